The van der Waals surface area contributed by atoms with Crippen molar-refractivity contribution in [3.05, 3.63) is 23.5 Å². The summed E-state index contributed by atoms with van der Waals surface area (Å²) in [5.41, 5.74) is -0.557. The van der Waals surface area contributed by atoms with E-state index in [0.717, 1.165) is 12.1 Å². The van der Waals surface area contributed by atoms with Gasteiger partial charge in [0, 0.05) is 6.07 Å². The Bertz CT molecular complexity index is 482. The minimum atomic E-state index is -1.73. The molecule has 1 aromatic rings. The summed E-state index contributed by atoms with van der Waals surface area (Å²) >= 11 is 0. The van der Waals surface area contributed by atoms with Gasteiger partial charge in [-0.25, -0.2) is 9.18 Å². The molecule has 0 unspecified atom stereocenters. The molecule has 0 saturated heterocycles. The Morgan fingerprint density at radius 3 is 2.33 bits per heavy atom. The lowest BCUT2D eigenvalue weighted by Gasteiger charge is -2.14. The van der Waals surface area contributed by atoms with Gasteiger partial charge in [-0.3, -0.25) is 4.79 Å². The number of hydrogen-bond acceptors (Lipinski definition) is 4. The van der Waals surface area contributed by atoms with Gasteiger partial charge in [-0.2, -0.15) is 0 Å². The molecular formula is C12H13FO5. The Balaban J connectivity index is 3.29. The SMILES string of the molecule is COc1cc(F)c(C(=O)C(=O)O)cc1OC(C)C. The molecule has 5 nitrogen and oxygen atoms in total. The first-order valence-corrected chi connectivity index (χ1v) is 5.18. The molecule has 1 N–H and O–H groups in total. The number of methoxy groups -OCH3 is 1. The summed E-state index contributed by atoms with van der Waals surface area (Å²) in [6.07, 6.45) is -0.225. The third-order valence-electron chi connectivity index (χ3n) is 2.05. The van der Waals surface area contributed by atoms with E-state index in [1.165, 1.54) is 7.11 Å². The number of hydrogen-bond donors (Lipinski definition) is 1. The number of halogens is 1. The summed E-state index contributed by atoms with van der Waals surface area (Å²) in [5.74, 6) is -3.80. The van der Waals surface area contributed by atoms with E-state index < -0.39 is 23.1 Å². The second-order valence-electron chi connectivity index (χ2n) is 3.78. The lowest BCUT2D eigenvalue weighted by atomic mass is 10.1. The van der Waals surface area contributed by atoms with E-state index in [2.05, 4.69) is 0 Å². The zero-order chi connectivity index (χ0) is 13.9. The van der Waals surface area contributed by atoms with Crippen LogP contribution in [0.15, 0.2) is 12.1 Å². The minimum absolute atomic E-state index is 0.100. The molecule has 0 saturated carbocycles. The molecule has 0 fully saturated rings. The van der Waals surface area contributed by atoms with Crippen LogP contribution in [0.4, 0.5) is 4.39 Å². The van der Waals surface area contributed by atoms with Crippen molar-refractivity contribution in [2.75, 3.05) is 7.11 Å². The number of carbonyl (C=O) groups is 2. The molecule has 0 spiro atoms. The van der Waals surface area contributed by atoms with E-state index in [-0.39, 0.29) is 17.6 Å². The van der Waals surface area contributed by atoms with Crippen LogP contribution in [0.1, 0.15) is 24.2 Å². The van der Waals surface area contributed by atoms with Crippen LogP contribution in [0, 0.1) is 5.82 Å². The fraction of sp³-hybridized carbons (Fsp3) is 0.333. The maximum absolute atomic E-state index is 13.5. The lowest BCUT2D eigenvalue weighted by molar-refractivity contribution is -0.131. The quantitative estimate of drug-likeness (QED) is 0.643. The summed E-state index contributed by atoms with van der Waals surface area (Å²) in [6, 6.07) is 1.96. The van der Waals surface area contributed by atoms with Crippen LogP contribution in [0.3, 0.4) is 0 Å². The highest BCUT2D eigenvalue weighted by molar-refractivity contribution is 6.40. The Morgan fingerprint density at radius 2 is 1.89 bits per heavy atom. The maximum Gasteiger partial charge on any atom is 0.377 e. The molecule has 0 bridgehead atoms. The largest absolute Gasteiger partial charge is 0.493 e. The van der Waals surface area contributed by atoms with Crippen LogP contribution < -0.4 is 9.47 Å². The number of carboxylic acid groups (broad SMARTS) is 1. The summed E-state index contributed by atoms with van der Waals surface area (Å²) < 4.78 is 23.8. The second kappa shape index (κ2) is 5.48. The van der Waals surface area contributed by atoms with Gasteiger partial charge in [0.25, 0.3) is 5.78 Å². The van der Waals surface area contributed by atoms with E-state index in [1.54, 1.807) is 13.8 Å². The average molecular weight is 256 g/mol. The first-order chi connectivity index (χ1) is 8.36. The smallest absolute Gasteiger partial charge is 0.377 e. The molecule has 18 heavy (non-hydrogen) atoms. The van der Waals surface area contributed by atoms with Crippen LogP contribution in [-0.4, -0.2) is 30.1 Å². The van der Waals surface area contributed by atoms with Gasteiger partial charge in [0.15, 0.2) is 11.5 Å². The topological polar surface area (TPSA) is 72.8 Å². The molecule has 0 aromatic heterocycles. The van der Waals surface area contributed by atoms with Crippen molar-refractivity contribution in [1.82, 2.24) is 0 Å². The van der Waals surface area contributed by atoms with Gasteiger partial charge in [0.1, 0.15) is 5.82 Å². The van der Waals surface area contributed by atoms with Crippen molar-refractivity contribution in [2.24, 2.45) is 0 Å². The number of Topliss-reactive ketones (excluding diaryl/α,β-unsaturated/α-hetero) is 1. The first kappa shape index (κ1) is 14.0. The number of ketones is 1. The number of carboxylic acids is 1. The van der Waals surface area contributed by atoms with Gasteiger partial charge in [0.05, 0.1) is 18.8 Å². The van der Waals surface area contributed by atoms with Crippen LogP contribution in [0.5, 0.6) is 11.5 Å². The van der Waals surface area contributed by atoms with Gasteiger partial charge in [-0.05, 0) is 19.9 Å². The molecule has 0 radical (unpaired) electrons. The first-order valence-electron chi connectivity index (χ1n) is 5.18. The monoisotopic (exact) mass is 256 g/mol. The zero-order valence-electron chi connectivity index (χ0n) is 10.2. The Morgan fingerprint density at radius 1 is 1.28 bits per heavy atom. The van der Waals surface area contributed by atoms with E-state index in [9.17, 15) is 14.0 Å². The molecule has 6 heteroatoms. The molecule has 98 valence electrons. The van der Waals surface area contributed by atoms with Gasteiger partial charge < -0.3 is 14.6 Å². The Labute approximate surface area is 103 Å². The van der Waals surface area contributed by atoms with Crippen LogP contribution in [-0.2, 0) is 4.79 Å². The predicted molar refractivity (Wildman–Crippen MR) is 60.7 cm³/mol. The van der Waals surface area contributed by atoms with Gasteiger partial charge in [-0.15, -0.1) is 0 Å². The lowest BCUT2D eigenvalue weighted by Crippen LogP contribution is -2.15. The van der Waals surface area contributed by atoms with E-state index >= 15 is 0 Å². The van der Waals surface area contributed by atoms with Crippen molar-refractivity contribution < 1.29 is 28.6 Å². The molecule has 0 aliphatic rings. The van der Waals surface area contributed by atoms with E-state index in [0.29, 0.717) is 0 Å². The number of ether oxygens (including phenoxy) is 2. The van der Waals surface area contributed by atoms with Crippen LogP contribution in [0.25, 0.3) is 0 Å². The normalized spacial score (nSPS) is 10.3. The fourth-order valence-corrected chi connectivity index (χ4v) is 1.33. The molecule has 0 amide bonds. The Kier molecular flexibility index (Phi) is 4.25. The van der Waals surface area contributed by atoms with Crippen molar-refractivity contribution in [1.29, 1.82) is 0 Å². The summed E-state index contributed by atoms with van der Waals surface area (Å²) in [7, 11) is 1.32. The highest BCUT2D eigenvalue weighted by atomic mass is 19.1. The van der Waals surface area contributed by atoms with Crippen molar-refractivity contribution >= 4 is 11.8 Å². The molecule has 0 aliphatic carbocycles. The third kappa shape index (κ3) is 2.97. The fourth-order valence-electron chi connectivity index (χ4n) is 1.33. The molecule has 0 atom stereocenters. The summed E-state index contributed by atoms with van der Waals surface area (Å²) in [4.78, 5) is 21.8. The summed E-state index contributed by atoms with van der Waals surface area (Å²) in [5, 5.41) is 8.57. The Hall–Kier alpha value is -2.11. The number of rotatable bonds is 5. The average Bonchev–Trinajstić information content (AvgIpc) is 2.29. The predicted octanol–water partition coefficient (Wildman–Crippen LogP) is 1.89. The molecule has 1 rings (SSSR count). The van der Waals surface area contributed by atoms with Crippen molar-refractivity contribution in [2.45, 2.75) is 20.0 Å². The second-order valence-corrected chi connectivity index (χ2v) is 3.78. The standard InChI is InChI=1S/C12H13FO5/c1-6(2)18-10-4-7(11(14)12(15)16)8(13)5-9(10)17-3/h4-6H,1-3H3,(H,15,16). The van der Waals surface area contributed by atoms with Gasteiger partial charge in [0.2, 0.25) is 0 Å². The number of carbonyl (C=O) groups excluding carboxylic acids is 1. The van der Waals surface area contributed by atoms with E-state index in [1.807, 2.05) is 0 Å². The highest BCUT2D eigenvalue weighted by Crippen LogP contribution is 2.31. The van der Waals surface area contributed by atoms with Crippen LogP contribution in [0.2, 0.25) is 0 Å². The van der Waals surface area contributed by atoms with Crippen molar-refractivity contribution in [3.63, 3.8) is 0 Å². The zero-order valence-corrected chi connectivity index (χ0v) is 10.2. The molecular weight excluding hydrogens is 243 g/mol. The third-order valence-corrected chi connectivity index (χ3v) is 2.05. The van der Waals surface area contributed by atoms with Crippen molar-refractivity contribution in [3.8, 4) is 11.5 Å². The van der Waals surface area contributed by atoms with Gasteiger partial charge >= 0.3 is 5.97 Å². The number of aliphatic carboxylic acids is 1. The maximum atomic E-state index is 13.5. The number of benzene rings is 1. The van der Waals surface area contributed by atoms with Crippen LogP contribution >= 0.6 is 0 Å². The minimum Gasteiger partial charge on any atom is -0.493 e. The van der Waals surface area contributed by atoms with Gasteiger partial charge in [-0.1, -0.05) is 0 Å². The summed E-state index contributed by atoms with van der Waals surface area (Å²) in [6.45, 7) is 3.48. The van der Waals surface area contributed by atoms with E-state index in [4.69, 9.17) is 14.6 Å². The molecule has 0 heterocycles. The highest BCUT2D eigenvalue weighted by Gasteiger charge is 2.22. The molecule has 0 aliphatic heterocycles. The molecule has 1 aromatic carbocycles.